The molecule has 28 heavy (non-hydrogen) atoms. The molecule has 0 bridgehead atoms. The first kappa shape index (κ1) is 20.4. The van der Waals surface area contributed by atoms with Crippen molar-refractivity contribution in [1.29, 1.82) is 0 Å². The molecule has 5 nitrogen and oxygen atoms in total. The number of hydrogen-bond acceptors (Lipinski definition) is 3. The van der Waals surface area contributed by atoms with Crippen LogP contribution in [0.2, 0.25) is 0 Å². The van der Waals surface area contributed by atoms with Gasteiger partial charge in [-0.1, -0.05) is 42.0 Å². The van der Waals surface area contributed by atoms with Gasteiger partial charge in [0.2, 0.25) is 15.9 Å². The first-order valence-electron chi connectivity index (χ1n) is 9.76. The molecule has 2 aromatic rings. The Morgan fingerprint density at radius 3 is 2.57 bits per heavy atom. The van der Waals surface area contributed by atoms with Gasteiger partial charge in [-0.25, -0.2) is 8.42 Å². The molecular weight excluding hydrogens is 372 g/mol. The Morgan fingerprint density at radius 1 is 1.14 bits per heavy atom. The van der Waals surface area contributed by atoms with Gasteiger partial charge in [0.25, 0.3) is 0 Å². The molecule has 0 saturated carbocycles. The van der Waals surface area contributed by atoms with Gasteiger partial charge in [-0.05, 0) is 55.9 Å². The zero-order chi connectivity index (χ0) is 20.1. The molecule has 0 saturated heterocycles. The number of carbonyl (C=O) groups is 1. The lowest BCUT2D eigenvalue weighted by Gasteiger charge is -2.26. The smallest absolute Gasteiger partial charge is 0.232 e. The van der Waals surface area contributed by atoms with Gasteiger partial charge in [0.1, 0.15) is 0 Å². The fourth-order valence-corrected chi connectivity index (χ4v) is 4.72. The van der Waals surface area contributed by atoms with E-state index in [1.54, 1.807) is 12.1 Å². The van der Waals surface area contributed by atoms with E-state index in [0.29, 0.717) is 18.5 Å². The number of fused-ring (bicyclic) bond motifs is 1. The van der Waals surface area contributed by atoms with Crippen LogP contribution in [0, 0.1) is 6.92 Å². The lowest BCUT2D eigenvalue weighted by atomic mass is 9.87. The molecule has 0 heterocycles. The summed E-state index contributed by atoms with van der Waals surface area (Å²) in [4.78, 5) is 12.5. The van der Waals surface area contributed by atoms with E-state index in [1.807, 2.05) is 31.2 Å². The van der Waals surface area contributed by atoms with Crippen molar-refractivity contribution in [3.8, 4) is 0 Å². The van der Waals surface area contributed by atoms with E-state index >= 15 is 0 Å². The Bertz CT molecular complexity index is 923. The van der Waals surface area contributed by atoms with E-state index in [9.17, 15) is 13.2 Å². The van der Waals surface area contributed by atoms with Crippen LogP contribution in [0.1, 0.15) is 48.4 Å². The van der Waals surface area contributed by atoms with Crippen molar-refractivity contribution in [2.45, 2.75) is 45.1 Å². The monoisotopic (exact) mass is 400 g/mol. The zero-order valence-corrected chi connectivity index (χ0v) is 17.3. The van der Waals surface area contributed by atoms with Crippen LogP contribution in [-0.4, -0.2) is 27.1 Å². The van der Waals surface area contributed by atoms with Crippen molar-refractivity contribution in [3.63, 3.8) is 0 Å². The summed E-state index contributed by atoms with van der Waals surface area (Å²) < 4.78 is 25.7. The second-order valence-corrected chi connectivity index (χ2v) is 9.39. The number of hydrogen-bond donors (Lipinski definition) is 1. The molecule has 1 amide bonds. The van der Waals surface area contributed by atoms with Gasteiger partial charge in [0.05, 0.1) is 18.0 Å². The highest BCUT2D eigenvalue weighted by molar-refractivity contribution is 7.92. The minimum Gasteiger partial charge on any atom is -0.349 e. The van der Waals surface area contributed by atoms with Gasteiger partial charge in [0, 0.05) is 13.0 Å². The average molecular weight is 401 g/mol. The highest BCUT2D eigenvalue weighted by Crippen LogP contribution is 2.29. The third-order valence-corrected chi connectivity index (χ3v) is 6.39. The Hall–Kier alpha value is -2.34. The normalized spacial score (nSPS) is 16.3. The highest BCUT2D eigenvalue weighted by Gasteiger charge is 2.22. The zero-order valence-electron chi connectivity index (χ0n) is 16.5. The van der Waals surface area contributed by atoms with Crippen molar-refractivity contribution in [3.05, 3.63) is 65.2 Å². The summed E-state index contributed by atoms with van der Waals surface area (Å²) in [6, 6.07) is 15.7. The predicted octanol–water partition coefficient (Wildman–Crippen LogP) is 3.74. The highest BCUT2D eigenvalue weighted by atomic mass is 32.2. The first-order chi connectivity index (χ1) is 13.3. The molecule has 1 atom stereocenters. The van der Waals surface area contributed by atoms with Crippen molar-refractivity contribution < 1.29 is 13.2 Å². The molecule has 150 valence electrons. The SMILES string of the molecule is Cc1ccc(N(CCCC(=O)N[C@@H]2CCCc3ccccc32)S(C)(=O)=O)cc1. The fourth-order valence-electron chi connectivity index (χ4n) is 3.75. The number of anilines is 1. The summed E-state index contributed by atoms with van der Waals surface area (Å²) in [5, 5.41) is 3.13. The van der Waals surface area contributed by atoms with E-state index in [2.05, 4.69) is 17.4 Å². The van der Waals surface area contributed by atoms with Crippen LogP contribution in [0.5, 0.6) is 0 Å². The lowest BCUT2D eigenvalue weighted by Crippen LogP contribution is -2.33. The molecule has 0 aromatic heterocycles. The second kappa shape index (κ2) is 8.78. The molecule has 0 unspecified atom stereocenters. The van der Waals surface area contributed by atoms with Crippen LogP contribution in [-0.2, 0) is 21.2 Å². The van der Waals surface area contributed by atoms with E-state index in [4.69, 9.17) is 0 Å². The van der Waals surface area contributed by atoms with Crippen molar-refractivity contribution in [1.82, 2.24) is 5.32 Å². The van der Waals surface area contributed by atoms with E-state index in [0.717, 1.165) is 24.8 Å². The molecule has 1 aliphatic rings. The average Bonchev–Trinajstić information content (AvgIpc) is 2.66. The van der Waals surface area contributed by atoms with Crippen LogP contribution < -0.4 is 9.62 Å². The molecule has 3 rings (SSSR count). The molecule has 6 heteroatoms. The number of rotatable bonds is 7. The van der Waals surface area contributed by atoms with E-state index in [1.165, 1.54) is 21.7 Å². The van der Waals surface area contributed by atoms with Crippen molar-refractivity contribution >= 4 is 21.6 Å². The number of benzene rings is 2. The van der Waals surface area contributed by atoms with Crippen LogP contribution >= 0.6 is 0 Å². The maximum absolute atomic E-state index is 12.5. The second-order valence-electron chi connectivity index (χ2n) is 7.49. The minimum absolute atomic E-state index is 0.0286. The largest absolute Gasteiger partial charge is 0.349 e. The number of nitrogens with zero attached hydrogens (tertiary/aromatic N) is 1. The van der Waals surface area contributed by atoms with Crippen molar-refractivity contribution in [2.24, 2.45) is 0 Å². The molecule has 1 N–H and O–H groups in total. The lowest BCUT2D eigenvalue weighted by molar-refractivity contribution is -0.122. The molecule has 0 aliphatic heterocycles. The van der Waals surface area contributed by atoms with Crippen LogP contribution in [0.3, 0.4) is 0 Å². The number of amides is 1. The number of carbonyl (C=O) groups excluding carboxylic acids is 1. The topological polar surface area (TPSA) is 66.5 Å². The van der Waals surface area contributed by atoms with Crippen molar-refractivity contribution in [2.75, 3.05) is 17.1 Å². The summed E-state index contributed by atoms with van der Waals surface area (Å²) in [7, 11) is -3.39. The molecule has 0 radical (unpaired) electrons. The van der Waals surface area contributed by atoms with Gasteiger partial charge >= 0.3 is 0 Å². The summed E-state index contributed by atoms with van der Waals surface area (Å²) in [5.41, 5.74) is 4.22. The van der Waals surface area contributed by atoms with Gasteiger partial charge < -0.3 is 5.32 Å². The molecule has 1 aliphatic carbocycles. The third kappa shape index (κ3) is 5.13. The Kier molecular flexibility index (Phi) is 6.39. The molecule has 0 fully saturated rings. The summed E-state index contributed by atoms with van der Waals surface area (Å²) >= 11 is 0. The Balaban J connectivity index is 1.57. The van der Waals surface area contributed by atoms with Gasteiger partial charge in [0.15, 0.2) is 0 Å². The standard InChI is InChI=1S/C22H28N2O3S/c1-17-12-14-19(15-13-17)24(28(2,26)27)16-6-11-22(25)23-21-10-5-8-18-7-3-4-9-20(18)21/h3-4,7,9,12-15,21H,5-6,8,10-11,16H2,1-2H3,(H,23,25)/t21-/m1/s1. The Morgan fingerprint density at radius 2 is 1.86 bits per heavy atom. The fraction of sp³-hybridized carbons (Fsp3) is 0.409. The number of aryl methyl sites for hydroxylation is 2. The van der Waals surface area contributed by atoms with Crippen LogP contribution in [0.25, 0.3) is 0 Å². The predicted molar refractivity (Wildman–Crippen MR) is 113 cm³/mol. The maximum atomic E-state index is 12.5. The summed E-state index contributed by atoms with van der Waals surface area (Å²) in [5.74, 6) is -0.0286. The van der Waals surface area contributed by atoms with Gasteiger partial charge in [-0.15, -0.1) is 0 Å². The first-order valence-corrected chi connectivity index (χ1v) is 11.6. The molecular formula is C22H28N2O3S. The maximum Gasteiger partial charge on any atom is 0.232 e. The number of nitrogens with one attached hydrogen (secondary N) is 1. The molecule has 0 spiro atoms. The van der Waals surface area contributed by atoms with E-state index < -0.39 is 10.0 Å². The quantitative estimate of drug-likeness (QED) is 0.770. The Labute approximate surface area is 167 Å². The van der Waals surface area contributed by atoms with Crippen LogP contribution in [0.4, 0.5) is 5.69 Å². The molecule has 2 aromatic carbocycles. The summed E-state index contributed by atoms with van der Waals surface area (Å²) in [6.45, 7) is 2.25. The minimum atomic E-state index is -3.39. The van der Waals surface area contributed by atoms with Gasteiger partial charge in [-0.2, -0.15) is 0 Å². The summed E-state index contributed by atoms with van der Waals surface area (Å²) in [6.07, 6.45) is 5.05. The number of sulfonamides is 1. The van der Waals surface area contributed by atoms with Crippen LogP contribution in [0.15, 0.2) is 48.5 Å². The third-order valence-electron chi connectivity index (χ3n) is 5.19. The van der Waals surface area contributed by atoms with E-state index in [-0.39, 0.29) is 18.5 Å². The van der Waals surface area contributed by atoms with Gasteiger partial charge in [-0.3, -0.25) is 9.10 Å².